The third-order valence-electron chi connectivity index (χ3n) is 4.89. The molecular weight excluding hydrogens is 278 g/mol. The normalized spacial score (nSPS) is 23.3. The lowest BCUT2D eigenvalue weighted by Gasteiger charge is -2.28. The molecule has 1 saturated carbocycles. The first-order valence-electron chi connectivity index (χ1n) is 8.80. The Hall–Kier alpha value is -1.18. The minimum Gasteiger partial charge on any atom is -0.209 e. The van der Waals surface area contributed by atoms with E-state index < -0.39 is 11.7 Å². The number of halogens is 2. The van der Waals surface area contributed by atoms with Crippen molar-refractivity contribution in [1.29, 1.82) is 0 Å². The summed E-state index contributed by atoms with van der Waals surface area (Å²) < 4.78 is 27.5. The number of hydrogen-bond acceptors (Lipinski definition) is 0. The molecule has 1 aliphatic rings. The molecular formula is C20H28F2. The molecule has 0 amide bonds. The molecule has 1 aromatic carbocycles. The molecule has 0 saturated heterocycles. The van der Waals surface area contributed by atoms with Gasteiger partial charge in [-0.3, -0.25) is 0 Å². The van der Waals surface area contributed by atoms with Gasteiger partial charge >= 0.3 is 0 Å². The zero-order chi connectivity index (χ0) is 15.9. The summed E-state index contributed by atoms with van der Waals surface area (Å²) in [5, 5.41) is 0. The molecule has 0 N–H and O–H groups in total. The lowest BCUT2D eigenvalue weighted by Crippen LogP contribution is -2.13. The maximum Gasteiger partial charge on any atom is 0.161 e. The van der Waals surface area contributed by atoms with Crippen molar-refractivity contribution in [2.75, 3.05) is 0 Å². The minimum atomic E-state index is -0.694. The van der Waals surface area contributed by atoms with E-state index in [1.807, 2.05) is 19.1 Å². The molecule has 0 radical (unpaired) electrons. The van der Waals surface area contributed by atoms with Gasteiger partial charge in [0.2, 0.25) is 0 Å². The third-order valence-corrected chi connectivity index (χ3v) is 4.89. The minimum absolute atomic E-state index is 0.176. The highest BCUT2D eigenvalue weighted by Gasteiger charge is 2.21. The molecule has 1 aromatic rings. The molecule has 0 aliphatic heterocycles. The van der Waals surface area contributed by atoms with E-state index in [1.54, 1.807) is 12.1 Å². The van der Waals surface area contributed by atoms with E-state index in [9.17, 15) is 8.78 Å². The van der Waals surface area contributed by atoms with Crippen LogP contribution in [0, 0.1) is 5.92 Å². The predicted octanol–water partition coefficient (Wildman–Crippen LogP) is 7.17. The molecule has 0 heterocycles. The van der Waals surface area contributed by atoms with E-state index in [0.29, 0.717) is 17.9 Å². The van der Waals surface area contributed by atoms with Crippen LogP contribution in [0.15, 0.2) is 30.1 Å². The van der Waals surface area contributed by atoms with E-state index in [2.05, 4.69) is 6.92 Å². The topological polar surface area (TPSA) is 0 Å². The van der Waals surface area contributed by atoms with Gasteiger partial charge in [-0.1, -0.05) is 51.0 Å². The second-order valence-electron chi connectivity index (χ2n) is 6.60. The van der Waals surface area contributed by atoms with Crippen molar-refractivity contribution >= 4 is 5.83 Å². The molecule has 2 rings (SSSR count). The van der Waals surface area contributed by atoms with Gasteiger partial charge in [-0.15, -0.1) is 0 Å². The number of allylic oxidation sites excluding steroid dienone is 1. The van der Waals surface area contributed by atoms with Crippen molar-refractivity contribution in [3.05, 3.63) is 41.2 Å². The van der Waals surface area contributed by atoms with E-state index in [4.69, 9.17) is 0 Å². The summed E-state index contributed by atoms with van der Waals surface area (Å²) in [5.41, 5.74) is 1.65. The largest absolute Gasteiger partial charge is 0.209 e. The van der Waals surface area contributed by atoms with Crippen LogP contribution in [0.25, 0.3) is 5.83 Å². The Morgan fingerprint density at radius 2 is 1.59 bits per heavy atom. The first-order chi connectivity index (χ1) is 10.7. The summed E-state index contributed by atoms with van der Waals surface area (Å²) in [4.78, 5) is 0. The standard InChI is InChI=1S/C20H28F2/c1-3-5-15-7-9-16(10-8-15)17-11-13-18(14-12-17)20(22)19(21)6-4-2/h11-16H,3-10H2,1-2H3/b20-19+/t15-,16-. The van der Waals surface area contributed by atoms with E-state index in [0.717, 1.165) is 5.92 Å². The van der Waals surface area contributed by atoms with E-state index in [-0.39, 0.29) is 6.42 Å². The predicted molar refractivity (Wildman–Crippen MR) is 90.1 cm³/mol. The zero-order valence-electron chi connectivity index (χ0n) is 13.9. The first-order valence-corrected chi connectivity index (χ1v) is 8.80. The van der Waals surface area contributed by atoms with Crippen LogP contribution >= 0.6 is 0 Å². The van der Waals surface area contributed by atoms with Crippen LogP contribution in [-0.4, -0.2) is 0 Å². The molecule has 0 bridgehead atoms. The average molecular weight is 306 g/mol. The lowest BCUT2D eigenvalue weighted by molar-refractivity contribution is 0.308. The quantitative estimate of drug-likeness (QED) is 0.522. The monoisotopic (exact) mass is 306 g/mol. The van der Waals surface area contributed by atoms with Gasteiger partial charge in [-0.2, -0.15) is 0 Å². The smallest absolute Gasteiger partial charge is 0.161 e. The Kier molecular flexibility index (Phi) is 6.60. The van der Waals surface area contributed by atoms with Crippen LogP contribution < -0.4 is 0 Å². The Bertz CT molecular complexity index is 479. The molecule has 122 valence electrons. The summed E-state index contributed by atoms with van der Waals surface area (Å²) in [6.07, 6.45) is 8.49. The molecule has 0 atom stereocenters. The van der Waals surface area contributed by atoms with Crippen LogP contribution in [0.4, 0.5) is 8.78 Å². The van der Waals surface area contributed by atoms with E-state index >= 15 is 0 Å². The summed E-state index contributed by atoms with van der Waals surface area (Å²) in [5.74, 6) is 0.161. The summed E-state index contributed by atoms with van der Waals surface area (Å²) >= 11 is 0. The molecule has 22 heavy (non-hydrogen) atoms. The fourth-order valence-electron chi connectivity index (χ4n) is 3.58. The van der Waals surface area contributed by atoms with Crippen LogP contribution in [0.3, 0.4) is 0 Å². The molecule has 0 spiro atoms. The number of rotatable bonds is 6. The molecule has 0 aromatic heterocycles. The van der Waals surface area contributed by atoms with Crippen molar-refractivity contribution in [2.45, 2.75) is 71.1 Å². The Morgan fingerprint density at radius 3 is 2.14 bits per heavy atom. The van der Waals surface area contributed by atoms with Crippen molar-refractivity contribution in [3.8, 4) is 0 Å². The fourth-order valence-corrected chi connectivity index (χ4v) is 3.58. The van der Waals surface area contributed by atoms with Gasteiger partial charge in [0.25, 0.3) is 0 Å². The SMILES string of the molecule is CCC/C(F)=C(\F)c1ccc([C@H]2CC[C@H](CCC)CC2)cc1. The molecule has 2 heteroatoms. The summed E-state index contributed by atoms with van der Waals surface area (Å²) in [6, 6.07) is 7.44. The molecule has 0 nitrogen and oxygen atoms in total. The maximum atomic E-state index is 13.9. The van der Waals surface area contributed by atoms with Gasteiger partial charge in [0.1, 0.15) is 5.83 Å². The van der Waals surface area contributed by atoms with Gasteiger partial charge in [0, 0.05) is 12.0 Å². The Balaban J connectivity index is 1.99. The molecule has 0 unspecified atom stereocenters. The second-order valence-corrected chi connectivity index (χ2v) is 6.60. The van der Waals surface area contributed by atoms with Crippen molar-refractivity contribution in [2.24, 2.45) is 5.92 Å². The van der Waals surface area contributed by atoms with Crippen molar-refractivity contribution < 1.29 is 8.78 Å². The highest BCUT2D eigenvalue weighted by molar-refractivity contribution is 5.61. The third kappa shape index (κ3) is 4.41. The highest BCUT2D eigenvalue weighted by atomic mass is 19.2. The van der Waals surface area contributed by atoms with Gasteiger partial charge in [0.05, 0.1) is 0 Å². The van der Waals surface area contributed by atoms with Gasteiger partial charge < -0.3 is 0 Å². The lowest BCUT2D eigenvalue weighted by atomic mass is 9.77. The van der Waals surface area contributed by atoms with Crippen molar-refractivity contribution in [3.63, 3.8) is 0 Å². The van der Waals surface area contributed by atoms with Crippen LogP contribution in [0.5, 0.6) is 0 Å². The fraction of sp³-hybridized carbons (Fsp3) is 0.600. The van der Waals surface area contributed by atoms with Crippen LogP contribution in [0.2, 0.25) is 0 Å². The Morgan fingerprint density at radius 1 is 0.955 bits per heavy atom. The van der Waals surface area contributed by atoms with E-state index in [1.165, 1.54) is 44.1 Å². The highest BCUT2D eigenvalue weighted by Crippen LogP contribution is 2.38. The summed E-state index contributed by atoms with van der Waals surface area (Å²) in [7, 11) is 0. The van der Waals surface area contributed by atoms with Crippen molar-refractivity contribution in [1.82, 2.24) is 0 Å². The number of hydrogen-bond donors (Lipinski definition) is 0. The number of benzene rings is 1. The van der Waals surface area contributed by atoms with Crippen LogP contribution in [0.1, 0.15) is 82.3 Å². The average Bonchev–Trinajstić information content (AvgIpc) is 2.55. The van der Waals surface area contributed by atoms with Gasteiger partial charge in [-0.25, -0.2) is 8.78 Å². The zero-order valence-corrected chi connectivity index (χ0v) is 13.9. The molecule has 1 fully saturated rings. The maximum absolute atomic E-state index is 13.9. The van der Waals surface area contributed by atoms with Gasteiger partial charge in [0.15, 0.2) is 5.83 Å². The Labute approximate surface area is 133 Å². The second kappa shape index (κ2) is 8.45. The first kappa shape index (κ1) is 17.2. The summed E-state index contributed by atoms with van der Waals surface area (Å²) in [6.45, 7) is 4.11. The van der Waals surface area contributed by atoms with Crippen LogP contribution in [-0.2, 0) is 0 Å². The molecule has 1 aliphatic carbocycles. The van der Waals surface area contributed by atoms with Gasteiger partial charge in [-0.05, 0) is 49.5 Å².